The predicted molar refractivity (Wildman–Crippen MR) is 93.3 cm³/mol. The fraction of sp³-hybridized carbons (Fsp3) is 0.895. The Balaban J connectivity index is 3.30. The van der Waals surface area contributed by atoms with Gasteiger partial charge in [0.15, 0.2) is 0 Å². The summed E-state index contributed by atoms with van der Waals surface area (Å²) in [7, 11) is 0. The van der Waals surface area contributed by atoms with E-state index in [1.54, 1.807) is 0 Å². The van der Waals surface area contributed by atoms with Crippen molar-refractivity contribution in [3.63, 3.8) is 0 Å². The molecular weight excluding hydrogens is 292 g/mol. The summed E-state index contributed by atoms with van der Waals surface area (Å²) in [5.41, 5.74) is 0. The zero-order valence-electron chi connectivity index (χ0n) is 15.2. The van der Waals surface area contributed by atoms with Gasteiger partial charge in [0.2, 0.25) is 0 Å². The van der Waals surface area contributed by atoms with Gasteiger partial charge in [-0.05, 0) is 25.7 Å². The van der Waals surface area contributed by atoms with Gasteiger partial charge in [0, 0.05) is 12.8 Å². The average molecular weight is 328 g/mol. The molecule has 0 fully saturated rings. The SMILES string of the molecule is CCCCCCOC(=O)CCCCCC(=O)OCCCCCC. The van der Waals surface area contributed by atoms with Gasteiger partial charge in [-0.3, -0.25) is 9.59 Å². The minimum Gasteiger partial charge on any atom is -0.466 e. The highest BCUT2D eigenvalue weighted by atomic mass is 16.5. The summed E-state index contributed by atoms with van der Waals surface area (Å²) in [5.74, 6) is -0.222. The van der Waals surface area contributed by atoms with Crippen molar-refractivity contribution < 1.29 is 19.1 Å². The zero-order valence-corrected chi connectivity index (χ0v) is 15.2. The molecule has 0 aliphatic rings. The predicted octanol–water partition coefficient (Wildman–Crippen LogP) is 5.18. The van der Waals surface area contributed by atoms with E-state index in [2.05, 4.69) is 13.8 Å². The summed E-state index contributed by atoms with van der Waals surface area (Å²) in [5, 5.41) is 0. The second-order valence-electron chi connectivity index (χ2n) is 6.12. The third kappa shape index (κ3) is 17.1. The summed E-state index contributed by atoms with van der Waals surface area (Å²) >= 11 is 0. The van der Waals surface area contributed by atoms with Crippen molar-refractivity contribution in [3.8, 4) is 0 Å². The fourth-order valence-corrected chi connectivity index (χ4v) is 2.29. The van der Waals surface area contributed by atoms with Crippen LogP contribution in [-0.4, -0.2) is 25.2 Å². The molecule has 0 atom stereocenters. The Kier molecular flexibility index (Phi) is 16.5. The molecule has 0 N–H and O–H groups in total. The van der Waals surface area contributed by atoms with Crippen molar-refractivity contribution in [2.24, 2.45) is 0 Å². The first-order valence-corrected chi connectivity index (χ1v) is 9.52. The standard InChI is InChI=1S/C19H36O4/c1-3-5-7-12-16-22-18(20)14-10-9-11-15-19(21)23-17-13-8-6-4-2/h3-17H2,1-2H3. The maximum absolute atomic E-state index is 11.5. The molecule has 0 unspecified atom stereocenters. The van der Waals surface area contributed by atoms with Gasteiger partial charge in [-0.2, -0.15) is 0 Å². The van der Waals surface area contributed by atoms with Crippen LogP contribution in [0, 0.1) is 0 Å². The van der Waals surface area contributed by atoms with E-state index in [1.807, 2.05) is 0 Å². The largest absolute Gasteiger partial charge is 0.466 e. The maximum atomic E-state index is 11.5. The van der Waals surface area contributed by atoms with E-state index in [0.717, 1.165) is 44.9 Å². The number of hydrogen-bond donors (Lipinski definition) is 0. The quantitative estimate of drug-likeness (QED) is 0.289. The lowest BCUT2D eigenvalue weighted by atomic mass is 10.1. The summed E-state index contributed by atoms with van der Waals surface area (Å²) in [4.78, 5) is 23.0. The third-order valence-corrected chi connectivity index (χ3v) is 3.78. The smallest absolute Gasteiger partial charge is 0.305 e. The van der Waals surface area contributed by atoms with Crippen LogP contribution >= 0.6 is 0 Å². The molecule has 0 aliphatic heterocycles. The molecule has 0 aromatic carbocycles. The number of carbonyl (C=O) groups is 2. The maximum Gasteiger partial charge on any atom is 0.305 e. The average Bonchev–Trinajstić information content (AvgIpc) is 2.54. The van der Waals surface area contributed by atoms with E-state index >= 15 is 0 Å². The van der Waals surface area contributed by atoms with Gasteiger partial charge in [-0.15, -0.1) is 0 Å². The van der Waals surface area contributed by atoms with Crippen LogP contribution in [0.4, 0.5) is 0 Å². The summed E-state index contributed by atoms with van der Waals surface area (Å²) in [6, 6.07) is 0. The molecule has 0 heterocycles. The number of rotatable bonds is 16. The summed E-state index contributed by atoms with van der Waals surface area (Å²) in [6.07, 6.45) is 12.3. The van der Waals surface area contributed by atoms with Gasteiger partial charge in [0.25, 0.3) is 0 Å². The molecule has 23 heavy (non-hydrogen) atoms. The van der Waals surface area contributed by atoms with Crippen LogP contribution in [0.15, 0.2) is 0 Å². The van der Waals surface area contributed by atoms with E-state index in [-0.39, 0.29) is 11.9 Å². The molecule has 0 aromatic rings. The Labute approximate surface area is 142 Å². The minimum atomic E-state index is -0.111. The monoisotopic (exact) mass is 328 g/mol. The first kappa shape index (κ1) is 21.9. The topological polar surface area (TPSA) is 52.6 Å². The van der Waals surface area contributed by atoms with Crippen LogP contribution in [0.3, 0.4) is 0 Å². The van der Waals surface area contributed by atoms with E-state index in [4.69, 9.17) is 9.47 Å². The first-order valence-electron chi connectivity index (χ1n) is 9.52. The Morgan fingerprint density at radius 1 is 0.565 bits per heavy atom. The van der Waals surface area contributed by atoms with Crippen molar-refractivity contribution in [2.75, 3.05) is 13.2 Å². The molecule has 0 bridgehead atoms. The lowest BCUT2D eigenvalue weighted by molar-refractivity contribution is -0.144. The van der Waals surface area contributed by atoms with Crippen molar-refractivity contribution in [1.29, 1.82) is 0 Å². The molecule has 0 saturated heterocycles. The molecule has 0 aromatic heterocycles. The van der Waals surface area contributed by atoms with Gasteiger partial charge in [0.1, 0.15) is 0 Å². The molecule has 0 radical (unpaired) electrons. The van der Waals surface area contributed by atoms with Crippen LogP contribution < -0.4 is 0 Å². The number of carbonyl (C=O) groups excluding carboxylic acids is 2. The Morgan fingerprint density at radius 2 is 0.957 bits per heavy atom. The zero-order chi connectivity index (χ0) is 17.2. The fourth-order valence-electron chi connectivity index (χ4n) is 2.29. The summed E-state index contributed by atoms with van der Waals surface area (Å²) in [6.45, 7) is 5.41. The third-order valence-electron chi connectivity index (χ3n) is 3.78. The number of hydrogen-bond acceptors (Lipinski definition) is 4. The first-order chi connectivity index (χ1) is 11.2. The van der Waals surface area contributed by atoms with Gasteiger partial charge in [0.05, 0.1) is 13.2 Å². The minimum absolute atomic E-state index is 0.111. The van der Waals surface area contributed by atoms with Gasteiger partial charge < -0.3 is 9.47 Å². The second kappa shape index (κ2) is 17.3. The molecule has 0 saturated carbocycles. The molecular formula is C19H36O4. The van der Waals surface area contributed by atoms with Crippen molar-refractivity contribution in [2.45, 2.75) is 97.3 Å². The Hall–Kier alpha value is -1.06. The van der Waals surface area contributed by atoms with E-state index < -0.39 is 0 Å². The van der Waals surface area contributed by atoms with Crippen LogP contribution in [0.1, 0.15) is 97.3 Å². The van der Waals surface area contributed by atoms with Crippen LogP contribution in [0.5, 0.6) is 0 Å². The van der Waals surface area contributed by atoms with Gasteiger partial charge >= 0.3 is 11.9 Å². The normalized spacial score (nSPS) is 10.5. The summed E-state index contributed by atoms with van der Waals surface area (Å²) < 4.78 is 10.3. The Bertz CT molecular complexity index is 261. The highest BCUT2D eigenvalue weighted by Crippen LogP contribution is 2.07. The van der Waals surface area contributed by atoms with Crippen LogP contribution in [0.2, 0.25) is 0 Å². The molecule has 4 nitrogen and oxygen atoms in total. The Morgan fingerprint density at radius 3 is 1.35 bits per heavy atom. The molecule has 0 spiro atoms. The second-order valence-corrected chi connectivity index (χ2v) is 6.12. The highest BCUT2D eigenvalue weighted by molar-refractivity contribution is 5.69. The van der Waals surface area contributed by atoms with Crippen molar-refractivity contribution in [3.05, 3.63) is 0 Å². The molecule has 0 amide bonds. The van der Waals surface area contributed by atoms with Gasteiger partial charge in [-0.1, -0.05) is 58.8 Å². The van der Waals surface area contributed by atoms with Crippen molar-refractivity contribution in [1.82, 2.24) is 0 Å². The van der Waals surface area contributed by atoms with E-state index in [0.29, 0.717) is 26.1 Å². The van der Waals surface area contributed by atoms with Crippen molar-refractivity contribution >= 4 is 11.9 Å². The van der Waals surface area contributed by atoms with Crippen LogP contribution in [0.25, 0.3) is 0 Å². The number of unbranched alkanes of at least 4 members (excludes halogenated alkanes) is 8. The molecule has 136 valence electrons. The van der Waals surface area contributed by atoms with Gasteiger partial charge in [-0.25, -0.2) is 0 Å². The molecule has 0 aliphatic carbocycles. The lowest BCUT2D eigenvalue weighted by Crippen LogP contribution is -2.07. The van der Waals surface area contributed by atoms with E-state index in [9.17, 15) is 9.59 Å². The van der Waals surface area contributed by atoms with E-state index in [1.165, 1.54) is 25.7 Å². The molecule has 4 heteroatoms. The lowest BCUT2D eigenvalue weighted by Gasteiger charge is -2.05. The highest BCUT2D eigenvalue weighted by Gasteiger charge is 2.05. The number of esters is 2. The van der Waals surface area contributed by atoms with Crippen LogP contribution in [-0.2, 0) is 19.1 Å². The number of ether oxygens (including phenoxy) is 2. The molecule has 0 rings (SSSR count).